The van der Waals surface area contributed by atoms with Gasteiger partial charge in [-0.25, -0.2) is 4.68 Å². The smallest absolute Gasteiger partial charge is 0.254 e. The van der Waals surface area contributed by atoms with Crippen LogP contribution in [0.5, 0.6) is 0 Å². The maximum absolute atomic E-state index is 12.5. The topological polar surface area (TPSA) is 58.9 Å². The van der Waals surface area contributed by atoms with Crippen LogP contribution in [0.25, 0.3) is 5.69 Å². The fourth-order valence-electron chi connectivity index (χ4n) is 2.56. The number of aromatic nitrogens is 2. The first-order valence-corrected chi connectivity index (χ1v) is 8.75. The molecule has 2 N–H and O–H groups in total. The zero-order valence-electron chi connectivity index (χ0n) is 14.9. The van der Waals surface area contributed by atoms with E-state index in [1.165, 1.54) is 0 Å². The lowest BCUT2D eigenvalue weighted by Crippen LogP contribution is -2.32. The lowest BCUT2D eigenvalue weighted by atomic mass is 10.1. The molecule has 2 rings (SSSR count). The summed E-state index contributed by atoms with van der Waals surface area (Å²) in [6, 6.07) is 7.47. The molecule has 138 valence electrons. The van der Waals surface area contributed by atoms with Crippen LogP contribution in [0.2, 0.25) is 5.02 Å². The Morgan fingerprint density at radius 1 is 1.28 bits per heavy atom. The van der Waals surface area contributed by atoms with Crippen molar-refractivity contribution in [3.8, 4) is 5.69 Å². The molecule has 0 aliphatic rings. The maximum Gasteiger partial charge on any atom is 0.254 e. The fraction of sp³-hybridized carbons (Fsp3) is 0.444. The second-order valence-electron chi connectivity index (χ2n) is 6.00. The predicted molar refractivity (Wildman–Crippen MR) is 105 cm³/mol. The minimum Gasteiger partial charge on any atom is -0.351 e. The molecule has 0 aliphatic heterocycles. The van der Waals surface area contributed by atoms with Crippen molar-refractivity contribution >= 4 is 29.9 Å². The Balaban J connectivity index is 0.00000312. The zero-order chi connectivity index (χ0) is 17.5. The summed E-state index contributed by atoms with van der Waals surface area (Å²) in [6.45, 7) is 8.54. The van der Waals surface area contributed by atoms with Crippen LogP contribution in [0.15, 0.2) is 30.5 Å². The normalized spacial score (nSPS) is 10.6. The number of carbonyl (C=O) groups is 1. The molecule has 0 saturated carbocycles. The first-order chi connectivity index (χ1) is 11.5. The maximum atomic E-state index is 12.5. The van der Waals surface area contributed by atoms with Gasteiger partial charge in [-0.2, -0.15) is 5.10 Å². The van der Waals surface area contributed by atoms with Crippen molar-refractivity contribution < 1.29 is 4.79 Å². The summed E-state index contributed by atoms with van der Waals surface area (Å²) in [7, 11) is 0. The van der Waals surface area contributed by atoms with Gasteiger partial charge in [0, 0.05) is 18.1 Å². The van der Waals surface area contributed by atoms with Gasteiger partial charge in [-0.15, -0.1) is 12.4 Å². The highest BCUT2D eigenvalue weighted by molar-refractivity contribution is 6.30. The van der Waals surface area contributed by atoms with Crippen molar-refractivity contribution in [1.82, 2.24) is 20.4 Å². The Morgan fingerprint density at radius 3 is 2.68 bits per heavy atom. The van der Waals surface area contributed by atoms with Crippen molar-refractivity contribution in [2.45, 2.75) is 33.1 Å². The van der Waals surface area contributed by atoms with Crippen LogP contribution >= 0.6 is 24.0 Å². The van der Waals surface area contributed by atoms with Crippen LogP contribution in [-0.2, 0) is 0 Å². The fourth-order valence-corrected chi connectivity index (χ4v) is 2.75. The minimum absolute atomic E-state index is 0. The van der Waals surface area contributed by atoms with E-state index in [4.69, 9.17) is 11.6 Å². The van der Waals surface area contributed by atoms with Gasteiger partial charge in [0.1, 0.15) is 0 Å². The average Bonchev–Trinajstić information content (AvgIpc) is 3.00. The van der Waals surface area contributed by atoms with Crippen LogP contribution in [-0.4, -0.2) is 35.3 Å². The number of rotatable bonds is 8. The second-order valence-corrected chi connectivity index (χ2v) is 6.43. The number of nitrogens with one attached hydrogen (secondary N) is 2. The van der Waals surface area contributed by atoms with E-state index in [0.29, 0.717) is 17.1 Å². The second kappa shape index (κ2) is 10.4. The summed E-state index contributed by atoms with van der Waals surface area (Å²) in [4.78, 5) is 12.5. The van der Waals surface area contributed by atoms with Crippen molar-refractivity contribution in [2.75, 3.05) is 19.6 Å². The summed E-state index contributed by atoms with van der Waals surface area (Å²) in [6.07, 6.45) is 2.71. The molecule has 1 amide bonds. The summed E-state index contributed by atoms with van der Waals surface area (Å²) in [5.74, 6) is 0.0655. The molecule has 1 heterocycles. The molecule has 2 aromatic rings. The van der Waals surface area contributed by atoms with Gasteiger partial charge >= 0.3 is 0 Å². The van der Waals surface area contributed by atoms with E-state index in [2.05, 4.69) is 36.5 Å². The Kier molecular flexibility index (Phi) is 8.97. The van der Waals surface area contributed by atoms with Gasteiger partial charge in [-0.3, -0.25) is 4.79 Å². The van der Waals surface area contributed by atoms with Crippen molar-refractivity contribution in [2.24, 2.45) is 0 Å². The van der Waals surface area contributed by atoms with Gasteiger partial charge in [0.2, 0.25) is 0 Å². The van der Waals surface area contributed by atoms with Crippen LogP contribution in [0, 0.1) is 0 Å². The predicted octanol–water partition coefficient (Wildman–Crippen LogP) is 3.80. The number of hydrogen-bond acceptors (Lipinski definition) is 3. The highest BCUT2D eigenvalue weighted by Crippen LogP contribution is 2.24. The molecule has 0 unspecified atom stereocenters. The van der Waals surface area contributed by atoms with E-state index < -0.39 is 0 Å². The van der Waals surface area contributed by atoms with Crippen molar-refractivity contribution in [1.29, 1.82) is 0 Å². The molecule has 5 nitrogen and oxygen atoms in total. The third-order valence-electron chi connectivity index (χ3n) is 3.66. The third-order valence-corrected chi connectivity index (χ3v) is 3.90. The van der Waals surface area contributed by atoms with Gasteiger partial charge in [-0.05, 0) is 37.1 Å². The number of amides is 1. The largest absolute Gasteiger partial charge is 0.351 e. The Hall–Kier alpha value is -1.56. The van der Waals surface area contributed by atoms with Crippen LogP contribution in [0.1, 0.15) is 49.2 Å². The molecule has 0 radical (unpaired) electrons. The number of halogens is 2. The standard InChI is InChI=1S/C18H25ClN4O.ClH/c1-4-8-20-9-10-21-18(24)16-12-22-23(17(16)13(2)3)15-7-5-6-14(19)11-15;/h5-7,11-13,20H,4,8-10H2,1-3H3,(H,21,24);1H. The monoisotopic (exact) mass is 384 g/mol. The molecule has 0 saturated heterocycles. The molecular weight excluding hydrogens is 359 g/mol. The SMILES string of the molecule is CCCNCCNC(=O)c1cnn(-c2cccc(Cl)c2)c1C(C)C.Cl. The van der Waals surface area contributed by atoms with Gasteiger partial charge in [0.25, 0.3) is 5.91 Å². The first kappa shape index (κ1) is 21.5. The minimum atomic E-state index is -0.0923. The van der Waals surface area contributed by atoms with Gasteiger partial charge in [0.05, 0.1) is 23.1 Å². The highest BCUT2D eigenvalue weighted by Gasteiger charge is 2.20. The number of benzene rings is 1. The Labute approximate surface area is 160 Å². The summed E-state index contributed by atoms with van der Waals surface area (Å²) in [5, 5.41) is 11.3. The molecule has 1 aromatic carbocycles. The highest BCUT2D eigenvalue weighted by atomic mass is 35.5. The number of carbonyl (C=O) groups excluding carboxylic acids is 1. The summed E-state index contributed by atoms with van der Waals surface area (Å²) >= 11 is 6.08. The van der Waals surface area contributed by atoms with Crippen LogP contribution < -0.4 is 10.6 Å². The van der Waals surface area contributed by atoms with Gasteiger partial charge in [-0.1, -0.05) is 38.4 Å². The van der Waals surface area contributed by atoms with Gasteiger partial charge < -0.3 is 10.6 Å². The molecular formula is C18H26Cl2N4O. The lowest BCUT2D eigenvalue weighted by Gasteiger charge is -2.13. The molecule has 1 aromatic heterocycles. The van der Waals surface area contributed by atoms with Crippen LogP contribution in [0.3, 0.4) is 0 Å². The molecule has 7 heteroatoms. The summed E-state index contributed by atoms with van der Waals surface area (Å²) < 4.78 is 1.79. The first-order valence-electron chi connectivity index (χ1n) is 8.37. The molecule has 25 heavy (non-hydrogen) atoms. The third kappa shape index (κ3) is 5.73. The Bertz CT molecular complexity index is 685. The average molecular weight is 385 g/mol. The molecule has 0 aliphatic carbocycles. The van der Waals surface area contributed by atoms with E-state index >= 15 is 0 Å². The van der Waals surface area contributed by atoms with Gasteiger partial charge in [0.15, 0.2) is 0 Å². The van der Waals surface area contributed by atoms with Crippen LogP contribution in [0.4, 0.5) is 0 Å². The number of nitrogens with zero attached hydrogens (tertiary/aromatic N) is 2. The zero-order valence-corrected chi connectivity index (χ0v) is 16.5. The van der Waals surface area contributed by atoms with E-state index in [-0.39, 0.29) is 24.2 Å². The van der Waals surface area contributed by atoms with E-state index in [1.54, 1.807) is 10.9 Å². The van der Waals surface area contributed by atoms with Crippen molar-refractivity contribution in [3.63, 3.8) is 0 Å². The molecule has 0 atom stereocenters. The molecule has 0 spiro atoms. The van der Waals surface area contributed by atoms with E-state index in [9.17, 15) is 4.79 Å². The van der Waals surface area contributed by atoms with E-state index in [0.717, 1.165) is 30.9 Å². The quantitative estimate of drug-likeness (QED) is 0.680. The van der Waals surface area contributed by atoms with E-state index in [1.807, 2.05) is 24.3 Å². The summed E-state index contributed by atoms with van der Waals surface area (Å²) in [5.41, 5.74) is 2.35. The Morgan fingerprint density at radius 2 is 2.04 bits per heavy atom. The number of hydrogen-bond donors (Lipinski definition) is 2. The molecule has 0 fully saturated rings. The molecule has 0 bridgehead atoms. The van der Waals surface area contributed by atoms with Crippen molar-refractivity contribution in [3.05, 3.63) is 46.7 Å². The lowest BCUT2D eigenvalue weighted by molar-refractivity contribution is 0.0952.